The highest BCUT2D eigenvalue weighted by atomic mass is 35.5. The van der Waals surface area contributed by atoms with Crippen LogP contribution in [-0.4, -0.2) is 21.4 Å². The number of rotatable bonds is 2. The lowest BCUT2D eigenvalue weighted by molar-refractivity contribution is 0.134. The SMILES string of the molecule is O=c1cc(-c2ccccc2Cl)oc2c(C3CCCCCC3O)c(O)cc(O)c12. The van der Waals surface area contributed by atoms with E-state index in [-0.39, 0.29) is 34.1 Å². The second-order valence-electron chi connectivity index (χ2n) is 7.30. The van der Waals surface area contributed by atoms with Gasteiger partial charge < -0.3 is 19.7 Å². The first-order chi connectivity index (χ1) is 13.5. The van der Waals surface area contributed by atoms with Gasteiger partial charge in [-0.1, -0.05) is 43.0 Å². The van der Waals surface area contributed by atoms with E-state index in [1.807, 2.05) is 0 Å². The van der Waals surface area contributed by atoms with Gasteiger partial charge in [-0.15, -0.1) is 0 Å². The summed E-state index contributed by atoms with van der Waals surface area (Å²) in [6, 6.07) is 9.42. The molecule has 1 aliphatic carbocycles. The fourth-order valence-electron chi connectivity index (χ4n) is 4.10. The monoisotopic (exact) mass is 400 g/mol. The highest BCUT2D eigenvalue weighted by molar-refractivity contribution is 6.33. The molecule has 2 aromatic carbocycles. The van der Waals surface area contributed by atoms with E-state index < -0.39 is 11.5 Å². The quantitative estimate of drug-likeness (QED) is 0.530. The number of hydrogen-bond donors (Lipinski definition) is 3. The van der Waals surface area contributed by atoms with Crippen LogP contribution in [0.4, 0.5) is 0 Å². The van der Waals surface area contributed by atoms with Gasteiger partial charge >= 0.3 is 0 Å². The van der Waals surface area contributed by atoms with E-state index in [2.05, 4.69) is 0 Å². The zero-order valence-electron chi connectivity index (χ0n) is 15.2. The Kier molecular flexibility index (Phi) is 5.04. The average molecular weight is 401 g/mol. The molecule has 0 amide bonds. The van der Waals surface area contributed by atoms with Gasteiger partial charge in [0.15, 0.2) is 5.43 Å². The molecule has 1 saturated carbocycles. The zero-order valence-corrected chi connectivity index (χ0v) is 15.9. The summed E-state index contributed by atoms with van der Waals surface area (Å²) < 4.78 is 6.03. The topological polar surface area (TPSA) is 90.9 Å². The predicted octanol–water partition coefficient (Wildman–Crippen LogP) is 4.93. The van der Waals surface area contributed by atoms with Gasteiger partial charge in [0.2, 0.25) is 0 Å². The number of phenols is 2. The van der Waals surface area contributed by atoms with Crippen molar-refractivity contribution < 1.29 is 19.7 Å². The van der Waals surface area contributed by atoms with Crippen LogP contribution in [0.25, 0.3) is 22.3 Å². The molecule has 0 radical (unpaired) electrons. The molecule has 0 bridgehead atoms. The van der Waals surface area contributed by atoms with E-state index in [1.165, 1.54) is 6.07 Å². The summed E-state index contributed by atoms with van der Waals surface area (Å²) in [4.78, 5) is 12.8. The number of aliphatic hydroxyl groups is 1. The molecule has 2 unspecified atom stereocenters. The van der Waals surface area contributed by atoms with Crippen LogP contribution >= 0.6 is 11.6 Å². The molecule has 3 N–H and O–H groups in total. The van der Waals surface area contributed by atoms with E-state index in [4.69, 9.17) is 16.0 Å². The van der Waals surface area contributed by atoms with Gasteiger partial charge in [-0.25, -0.2) is 0 Å². The third kappa shape index (κ3) is 3.25. The minimum atomic E-state index is -0.657. The summed E-state index contributed by atoms with van der Waals surface area (Å²) >= 11 is 6.26. The summed E-state index contributed by atoms with van der Waals surface area (Å²) in [5.74, 6) is -0.665. The highest BCUT2D eigenvalue weighted by Crippen LogP contribution is 2.44. The van der Waals surface area contributed by atoms with Gasteiger partial charge in [-0.05, 0) is 25.0 Å². The molecule has 4 rings (SSSR count). The summed E-state index contributed by atoms with van der Waals surface area (Å²) in [5.41, 5.74) is 0.579. The van der Waals surface area contributed by atoms with Crippen LogP contribution in [0.3, 0.4) is 0 Å². The second-order valence-corrected chi connectivity index (χ2v) is 7.71. The fraction of sp³-hybridized carbons (Fsp3) is 0.318. The molecule has 0 spiro atoms. The van der Waals surface area contributed by atoms with E-state index in [1.54, 1.807) is 24.3 Å². The summed E-state index contributed by atoms with van der Waals surface area (Å²) in [7, 11) is 0. The van der Waals surface area contributed by atoms with Crippen molar-refractivity contribution in [3.63, 3.8) is 0 Å². The smallest absolute Gasteiger partial charge is 0.197 e. The first-order valence-corrected chi connectivity index (χ1v) is 9.81. The molecule has 2 atom stereocenters. The third-order valence-electron chi connectivity index (χ3n) is 5.49. The number of benzene rings is 2. The average Bonchev–Trinajstić information content (AvgIpc) is 2.86. The standard InChI is InChI=1S/C22H21ClO5/c23-14-8-5-4-6-12(14)19-11-18(27)21-17(26)10-16(25)20(22(21)28-19)13-7-2-1-3-9-15(13)24/h4-6,8,10-11,13,15,24-26H,1-3,7,9H2. The molecule has 0 saturated heterocycles. The number of halogens is 1. The van der Waals surface area contributed by atoms with E-state index in [0.717, 1.165) is 25.3 Å². The van der Waals surface area contributed by atoms with Crippen molar-refractivity contribution in [1.29, 1.82) is 0 Å². The van der Waals surface area contributed by atoms with Crippen LogP contribution < -0.4 is 5.43 Å². The maximum atomic E-state index is 12.8. The van der Waals surface area contributed by atoms with Crippen LogP contribution in [-0.2, 0) is 0 Å². The highest BCUT2D eigenvalue weighted by Gasteiger charge is 2.30. The van der Waals surface area contributed by atoms with Crippen molar-refractivity contribution in [2.75, 3.05) is 0 Å². The molecule has 0 aliphatic heterocycles. The molecule has 28 heavy (non-hydrogen) atoms. The van der Waals surface area contributed by atoms with E-state index >= 15 is 0 Å². The lowest BCUT2D eigenvalue weighted by atomic mass is 9.87. The number of aliphatic hydroxyl groups excluding tert-OH is 1. The van der Waals surface area contributed by atoms with Gasteiger partial charge in [0.1, 0.15) is 28.2 Å². The number of aromatic hydroxyl groups is 2. The maximum absolute atomic E-state index is 12.8. The molecule has 1 aromatic heterocycles. The molecular weight excluding hydrogens is 380 g/mol. The molecule has 6 heteroatoms. The first kappa shape index (κ1) is 18.8. The van der Waals surface area contributed by atoms with Crippen LogP contribution in [0.15, 0.2) is 45.6 Å². The van der Waals surface area contributed by atoms with Gasteiger partial charge in [0, 0.05) is 29.2 Å². The summed E-state index contributed by atoms with van der Waals surface area (Å²) in [6.07, 6.45) is 3.42. The largest absolute Gasteiger partial charge is 0.507 e. The molecular formula is C22H21ClO5. The van der Waals surface area contributed by atoms with Crippen molar-refractivity contribution in [3.05, 3.63) is 57.2 Å². The van der Waals surface area contributed by atoms with Gasteiger partial charge in [0.25, 0.3) is 0 Å². The maximum Gasteiger partial charge on any atom is 0.197 e. The van der Waals surface area contributed by atoms with Crippen molar-refractivity contribution in [3.8, 4) is 22.8 Å². The van der Waals surface area contributed by atoms with E-state index in [0.29, 0.717) is 29.0 Å². The molecule has 5 nitrogen and oxygen atoms in total. The van der Waals surface area contributed by atoms with E-state index in [9.17, 15) is 20.1 Å². The Bertz CT molecular complexity index is 1090. The minimum Gasteiger partial charge on any atom is -0.507 e. The Labute approximate surface area is 166 Å². The van der Waals surface area contributed by atoms with Crippen molar-refractivity contribution in [2.24, 2.45) is 0 Å². The fourth-order valence-corrected chi connectivity index (χ4v) is 4.33. The Morgan fingerprint density at radius 1 is 1.00 bits per heavy atom. The van der Waals surface area contributed by atoms with Crippen molar-refractivity contribution in [1.82, 2.24) is 0 Å². The van der Waals surface area contributed by atoms with Crippen LogP contribution in [0, 0.1) is 0 Å². The van der Waals surface area contributed by atoms with Crippen LogP contribution in [0.1, 0.15) is 43.6 Å². The third-order valence-corrected chi connectivity index (χ3v) is 5.82. The lowest BCUT2D eigenvalue weighted by Gasteiger charge is -2.23. The summed E-state index contributed by atoms with van der Waals surface area (Å²) in [5, 5.41) is 31.9. The number of hydrogen-bond acceptors (Lipinski definition) is 5. The zero-order chi connectivity index (χ0) is 19.8. The Hall–Kier alpha value is -2.50. The van der Waals surface area contributed by atoms with Gasteiger partial charge in [-0.3, -0.25) is 4.79 Å². The number of phenolic OH excluding ortho intramolecular Hbond substituents is 2. The molecule has 146 valence electrons. The summed E-state index contributed by atoms with van der Waals surface area (Å²) in [6.45, 7) is 0. The van der Waals surface area contributed by atoms with Crippen LogP contribution in [0.2, 0.25) is 5.02 Å². The molecule has 1 aliphatic rings. The number of fused-ring (bicyclic) bond motifs is 1. The normalized spacial score (nSPS) is 20.2. The van der Waals surface area contributed by atoms with Crippen LogP contribution in [0.5, 0.6) is 11.5 Å². The Morgan fingerprint density at radius 2 is 1.75 bits per heavy atom. The Morgan fingerprint density at radius 3 is 2.54 bits per heavy atom. The van der Waals surface area contributed by atoms with Gasteiger partial charge in [-0.2, -0.15) is 0 Å². The van der Waals surface area contributed by atoms with Crippen molar-refractivity contribution in [2.45, 2.75) is 44.1 Å². The molecule has 1 heterocycles. The van der Waals surface area contributed by atoms with Gasteiger partial charge in [0.05, 0.1) is 11.1 Å². The second kappa shape index (κ2) is 7.49. The molecule has 1 fully saturated rings. The minimum absolute atomic E-state index is 0.0000468. The lowest BCUT2D eigenvalue weighted by Crippen LogP contribution is -2.18. The Balaban J connectivity index is 2.02. The predicted molar refractivity (Wildman–Crippen MR) is 108 cm³/mol. The molecule has 3 aromatic rings. The van der Waals surface area contributed by atoms with Crippen molar-refractivity contribution >= 4 is 22.6 Å². The first-order valence-electron chi connectivity index (χ1n) is 9.43.